The molecule has 0 aliphatic heterocycles. The molecule has 2 rings (SSSR count). The van der Waals surface area contributed by atoms with Crippen LogP contribution in [0.3, 0.4) is 0 Å². The van der Waals surface area contributed by atoms with Crippen molar-refractivity contribution in [2.45, 2.75) is 23.2 Å². The first-order chi connectivity index (χ1) is 9.92. The molecule has 0 heterocycles. The minimum Gasteiger partial charge on any atom is -0.207 e. The Hall–Kier alpha value is -0.880. The molecule has 1 N–H and O–H groups in total. The molecule has 0 spiro atoms. The number of sulfonamides is 1. The zero-order chi connectivity index (χ0) is 15.5. The lowest BCUT2D eigenvalue weighted by molar-refractivity contribution is 0.567. The molecule has 0 amide bonds. The third-order valence-electron chi connectivity index (χ3n) is 3.09. The number of alkyl halides is 1. The monoisotopic (exact) mass is 387 g/mol. The maximum Gasteiger partial charge on any atom is 0.241 e. The molecule has 0 aliphatic rings. The average Bonchev–Trinajstić information content (AvgIpc) is 2.47. The van der Waals surface area contributed by atoms with Gasteiger partial charge in [0.25, 0.3) is 0 Å². The van der Waals surface area contributed by atoms with Crippen molar-refractivity contribution in [3.63, 3.8) is 0 Å². The van der Waals surface area contributed by atoms with Gasteiger partial charge in [0.2, 0.25) is 10.0 Å². The summed E-state index contributed by atoms with van der Waals surface area (Å²) in [6.45, 7) is 1.80. The van der Waals surface area contributed by atoms with Crippen LogP contribution in [0, 0.1) is 0 Å². The minimum absolute atomic E-state index is 0.257. The van der Waals surface area contributed by atoms with Gasteiger partial charge in [-0.15, -0.1) is 0 Å². The Bertz CT molecular complexity index is 699. The van der Waals surface area contributed by atoms with Gasteiger partial charge in [-0.1, -0.05) is 51.8 Å². The predicted molar refractivity (Wildman–Crippen MR) is 89.3 cm³/mol. The molecular formula is C15H15BrClNO2S. The molecule has 0 saturated carbocycles. The zero-order valence-electron chi connectivity index (χ0n) is 11.4. The van der Waals surface area contributed by atoms with E-state index < -0.39 is 10.0 Å². The van der Waals surface area contributed by atoms with E-state index in [1.54, 1.807) is 43.3 Å². The van der Waals surface area contributed by atoms with Crippen LogP contribution >= 0.6 is 27.5 Å². The molecule has 0 radical (unpaired) electrons. The molecule has 0 unspecified atom stereocenters. The minimum atomic E-state index is -3.54. The molecular weight excluding hydrogens is 374 g/mol. The molecule has 0 saturated heterocycles. The first-order valence-corrected chi connectivity index (χ1v) is 9.33. The Morgan fingerprint density at radius 3 is 2.19 bits per heavy atom. The normalized spacial score (nSPS) is 13.1. The Morgan fingerprint density at radius 2 is 1.67 bits per heavy atom. The van der Waals surface area contributed by atoms with E-state index in [2.05, 4.69) is 20.7 Å². The molecule has 1 atom stereocenters. The fourth-order valence-electron chi connectivity index (χ4n) is 1.88. The number of halogens is 2. The summed E-state index contributed by atoms with van der Waals surface area (Å²) in [4.78, 5) is 0.257. The summed E-state index contributed by atoms with van der Waals surface area (Å²) < 4.78 is 27.3. The van der Waals surface area contributed by atoms with E-state index in [1.165, 1.54) is 0 Å². The quantitative estimate of drug-likeness (QED) is 0.777. The summed E-state index contributed by atoms with van der Waals surface area (Å²) in [5, 5.41) is 1.32. The maximum absolute atomic E-state index is 12.3. The van der Waals surface area contributed by atoms with Gasteiger partial charge in [-0.25, -0.2) is 13.1 Å². The molecule has 112 valence electrons. The molecule has 2 aromatic carbocycles. The van der Waals surface area contributed by atoms with Crippen molar-refractivity contribution in [3.8, 4) is 0 Å². The fourth-order valence-corrected chi connectivity index (χ4v) is 3.61. The van der Waals surface area contributed by atoms with Crippen LogP contribution in [0.4, 0.5) is 0 Å². The predicted octanol–water partition coefficient (Wildman–Crippen LogP) is 4.27. The van der Waals surface area contributed by atoms with E-state index in [-0.39, 0.29) is 10.9 Å². The van der Waals surface area contributed by atoms with Crippen LogP contribution in [0.15, 0.2) is 53.4 Å². The summed E-state index contributed by atoms with van der Waals surface area (Å²) in [6.07, 6.45) is 0. The fraction of sp³-hybridized carbons (Fsp3) is 0.200. The maximum atomic E-state index is 12.3. The van der Waals surface area contributed by atoms with E-state index in [0.29, 0.717) is 10.4 Å². The van der Waals surface area contributed by atoms with Gasteiger partial charge >= 0.3 is 0 Å². The molecule has 0 fully saturated rings. The average molecular weight is 389 g/mol. The summed E-state index contributed by atoms with van der Waals surface area (Å²) in [6, 6.07) is 13.6. The highest BCUT2D eigenvalue weighted by Crippen LogP contribution is 2.19. The van der Waals surface area contributed by atoms with Crippen molar-refractivity contribution in [3.05, 3.63) is 64.7 Å². The molecule has 21 heavy (non-hydrogen) atoms. The van der Waals surface area contributed by atoms with Crippen molar-refractivity contribution in [1.82, 2.24) is 4.72 Å². The van der Waals surface area contributed by atoms with Gasteiger partial charge < -0.3 is 0 Å². The van der Waals surface area contributed by atoms with Gasteiger partial charge in [0, 0.05) is 16.4 Å². The molecule has 2 aromatic rings. The largest absolute Gasteiger partial charge is 0.241 e. The Labute approximate surface area is 138 Å². The van der Waals surface area contributed by atoms with Crippen LogP contribution in [-0.4, -0.2) is 8.42 Å². The van der Waals surface area contributed by atoms with Crippen molar-refractivity contribution in [1.29, 1.82) is 0 Å². The molecule has 6 heteroatoms. The van der Waals surface area contributed by atoms with Crippen LogP contribution in [0.1, 0.15) is 24.1 Å². The smallest absolute Gasteiger partial charge is 0.207 e. The Balaban J connectivity index is 2.17. The number of hydrogen-bond acceptors (Lipinski definition) is 2. The van der Waals surface area contributed by atoms with Crippen molar-refractivity contribution < 1.29 is 8.42 Å². The third-order valence-corrected chi connectivity index (χ3v) is 5.55. The van der Waals surface area contributed by atoms with Crippen molar-refractivity contribution in [2.24, 2.45) is 0 Å². The van der Waals surface area contributed by atoms with E-state index in [0.717, 1.165) is 11.1 Å². The molecule has 0 aromatic heterocycles. The van der Waals surface area contributed by atoms with E-state index in [1.807, 2.05) is 12.1 Å². The second-order valence-corrected chi connectivity index (χ2v) is 7.38. The van der Waals surface area contributed by atoms with Crippen LogP contribution in [0.2, 0.25) is 5.02 Å². The highest BCUT2D eigenvalue weighted by atomic mass is 79.9. The summed E-state index contributed by atoms with van der Waals surface area (Å²) in [7, 11) is -3.54. The molecule has 3 nitrogen and oxygen atoms in total. The molecule has 0 bridgehead atoms. The van der Waals surface area contributed by atoms with E-state index in [4.69, 9.17) is 11.6 Å². The standard InChI is InChI=1S/C15H15BrClNO2S/c1-11(13-4-6-14(17)7-5-13)18-21(19,20)15-8-2-12(10-16)3-9-15/h2-9,11,18H,10H2,1H3/t11-/m0/s1. The lowest BCUT2D eigenvalue weighted by atomic mass is 10.1. The highest BCUT2D eigenvalue weighted by Gasteiger charge is 2.18. The second-order valence-electron chi connectivity index (χ2n) is 4.67. The summed E-state index contributed by atoms with van der Waals surface area (Å²) in [5.41, 5.74) is 1.89. The van der Waals surface area contributed by atoms with Gasteiger partial charge in [-0.3, -0.25) is 0 Å². The van der Waals surface area contributed by atoms with Crippen LogP contribution in [0.25, 0.3) is 0 Å². The lowest BCUT2D eigenvalue weighted by Gasteiger charge is -2.15. The highest BCUT2D eigenvalue weighted by molar-refractivity contribution is 9.08. The Kier molecular flexibility index (Phi) is 5.43. The van der Waals surface area contributed by atoms with Gasteiger partial charge in [0.05, 0.1) is 4.90 Å². The lowest BCUT2D eigenvalue weighted by Crippen LogP contribution is -2.26. The SMILES string of the molecule is C[C@H](NS(=O)(=O)c1ccc(CBr)cc1)c1ccc(Cl)cc1. The number of hydrogen-bond donors (Lipinski definition) is 1. The first-order valence-electron chi connectivity index (χ1n) is 6.35. The number of benzene rings is 2. The van der Waals surface area contributed by atoms with E-state index >= 15 is 0 Å². The second kappa shape index (κ2) is 6.92. The number of rotatable bonds is 5. The van der Waals surface area contributed by atoms with Gasteiger partial charge in [0.15, 0.2) is 0 Å². The van der Waals surface area contributed by atoms with Gasteiger partial charge in [0.1, 0.15) is 0 Å². The summed E-state index contributed by atoms with van der Waals surface area (Å²) in [5.74, 6) is 0. The first kappa shape index (κ1) is 16.5. The third kappa shape index (κ3) is 4.30. The topological polar surface area (TPSA) is 46.2 Å². The summed E-state index contributed by atoms with van der Waals surface area (Å²) >= 11 is 9.16. The van der Waals surface area contributed by atoms with E-state index in [9.17, 15) is 8.42 Å². The van der Waals surface area contributed by atoms with Crippen LogP contribution in [-0.2, 0) is 15.4 Å². The molecule has 0 aliphatic carbocycles. The van der Waals surface area contributed by atoms with Gasteiger partial charge in [-0.2, -0.15) is 0 Å². The zero-order valence-corrected chi connectivity index (χ0v) is 14.5. The van der Waals surface area contributed by atoms with Crippen LogP contribution < -0.4 is 4.72 Å². The van der Waals surface area contributed by atoms with Gasteiger partial charge in [-0.05, 0) is 42.3 Å². The number of nitrogens with one attached hydrogen (secondary N) is 1. The van der Waals surface area contributed by atoms with Crippen molar-refractivity contribution in [2.75, 3.05) is 0 Å². The Morgan fingerprint density at radius 1 is 1.10 bits per heavy atom. The van der Waals surface area contributed by atoms with Crippen LogP contribution in [0.5, 0.6) is 0 Å². The van der Waals surface area contributed by atoms with Crippen molar-refractivity contribution >= 4 is 37.6 Å².